The van der Waals surface area contributed by atoms with E-state index in [1.165, 1.54) is 24.0 Å². The van der Waals surface area contributed by atoms with Crippen molar-refractivity contribution in [2.75, 3.05) is 0 Å². The maximum absolute atomic E-state index is 13.1. The van der Waals surface area contributed by atoms with Crippen molar-refractivity contribution in [2.24, 2.45) is 0 Å². The number of nitrogens with zero attached hydrogens (tertiary/aromatic N) is 2. The summed E-state index contributed by atoms with van der Waals surface area (Å²) < 4.78 is 0. The third-order valence-corrected chi connectivity index (χ3v) is 5.38. The molecule has 0 aromatic heterocycles. The fraction of sp³-hybridized carbons (Fsp3) is 0.381. The van der Waals surface area contributed by atoms with Gasteiger partial charge in [-0.1, -0.05) is 73.5 Å². The second kappa shape index (κ2) is 6.68. The molecule has 3 heteroatoms. The predicted octanol–water partition coefficient (Wildman–Crippen LogP) is 4.44. The van der Waals surface area contributed by atoms with Gasteiger partial charge in [-0.25, -0.2) is 4.79 Å². The standard InChI is InChI=1S/C21H24N2O/c24-21-22(15-17-9-3-1-4-10-17)19-13-7-8-14-20(19)23(21)16-18-11-5-2-6-12-18/h1-6,9-12,19-20H,7-8,13-16H2/t19-,20-/m1/s1. The van der Waals surface area contributed by atoms with Crippen molar-refractivity contribution in [2.45, 2.75) is 50.9 Å². The number of hydrogen-bond acceptors (Lipinski definition) is 1. The smallest absolute Gasteiger partial charge is 0.315 e. The van der Waals surface area contributed by atoms with E-state index in [0.29, 0.717) is 12.1 Å². The second-order valence-corrected chi connectivity index (χ2v) is 6.93. The summed E-state index contributed by atoms with van der Waals surface area (Å²) in [5.41, 5.74) is 2.44. The molecule has 2 aromatic rings. The van der Waals surface area contributed by atoms with Crippen molar-refractivity contribution in [3.63, 3.8) is 0 Å². The number of fused-ring (bicyclic) bond motifs is 1. The van der Waals surface area contributed by atoms with Crippen LogP contribution in [0.25, 0.3) is 0 Å². The molecule has 1 aliphatic carbocycles. The lowest BCUT2D eigenvalue weighted by molar-refractivity contribution is 0.181. The lowest BCUT2D eigenvalue weighted by Crippen LogP contribution is -2.39. The highest BCUT2D eigenvalue weighted by Gasteiger charge is 2.46. The number of carbonyl (C=O) groups is 1. The maximum Gasteiger partial charge on any atom is 0.321 e. The molecule has 4 rings (SSSR count). The molecule has 0 spiro atoms. The average molecular weight is 320 g/mol. The van der Waals surface area contributed by atoms with E-state index in [2.05, 4.69) is 58.3 Å². The Morgan fingerprint density at radius 2 is 1.12 bits per heavy atom. The normalized spacial score (nSPS) is 23.4. The van der Waals surface area contributed by atoms with Crippen LogP contribution in [-0.4, -0.2) is 27.9 Å². The van der Waals surface area contributed by atoms with E-state index in [-0.39, 0.29) is 6.03 Å². The van der Waals surface area contributed by atoms with Crippen LogP contribution in [0.4, 0.5) is 4.79 Å². The van der Waals surface area contributed by atoms with Gasteiger partial charge in [0.1, 0.15) is 0 Å². The molecule has 2 aliphatic rings. The Bertz CT molecular complexity index is 626. The van der Waals surface area contributed by atoms with Gasteiger partial charge in [0.2, 0.25) is 0 Å². The lowest BCUT2D eigenvalue weighted by Gasteiger charge is -2.32. The molecule has 1 aliphatic heterocycles. The monoisotopic (exact) mass is 320 g/mol. The van der Waals surface area contributed by atoms with Gasteiger partial charge in [-0.3, -0.25) is 0 Å². The van der Waals surface area contributed by atoms with Crippen LogP contribution in [0.15, 0.2) is 60.7 Å². The van der Waals surface area contributed by atoms with E-state index in [1.54, 1.807) is 0 Å². The summed E-state index contributed by atoms with van der Waals surface area (Å²) >= 11 is 0. The molecule has 1 saturated carbocycles. The summed E-state index contributed by atoms with van der Waals surface area (Å²) in [4.78, 5) is 17.4. The van der Waals surface area contributed by atoms with E-state index in [9.17, 15) is 4.79 Å². The van der Waals surface area contributed by atoms with Gasteiger partial charge in [0.05, 0.1) is 12.1 Å². The fourth-order valence-electron chi connectivity index (χ4n) is 4.20. The van der Waals surface area contributed by atoms with Crippen LogP contribution in [0.1, 0.15) is 36.8 Å². The molecule has 2 amide bonds. The van der Waals surface area contributed by atoms with Crippen molar-refractivity contribution in [1.82, 2.24) is 9.80 Å². The minimum Gasteiger partial charge on any atom is -0.315 e. The number of benzene rings is 2. The number of urea groups is 1. The molecule has 2 aromatic carbocycles. The first-order chi connectivity index (χ1) is 11.8. The molecule has 124 valence electrons. The summed E-state index contributed by atoms with van der Waals surface area (Å²) in [6.07, 6.45) is 4.74. The Hall–Kier alpha value is -2.29. The van der Waals surface area contributed by atoms with Crippen molar-refractivity contribution >= 4 is 6.03 Å². The van der Waals surface area contributed by atoms with E-state index in [0.717, 1.165) is 25.9 Å². The van der Waals surface area contributed by atoms with Gasteiger partial charge in [0.25, 0.3) is 0 Å². The van der Waals surface area contributed by atoms with Crippen LogP contribution < -0.4 is 0 Å². The molecular weight excluding hydrogens is 296 g/mol. The van der Waals surface area contributed by atoms with E-state index in [1.807, 2.05) is 12.1 Å². The molecule has 1 saturated heterocycles. The molecule has 0 bridgehead atoms. The van der Waals surface area contributed by atoms with Gasteiger partial charge in [-0.2, -0.15) is 0 Å². The largest absolute Gasteiger partial charge is 0.321 e. The van der Waals surface area contributed by atoms with Gasteiger partial charge >= 0.3 is 6.03 Å². The summed E-state index contributed by atoms with van der Waals surface area (Å²) in [7, 11) is 0. The zero-order valence-electron chi connectivity index (χ0n) is 14.0. The fourth-order valence-corrected chi connectivity index (χ4v) is 4.20. The highest BCUT2D eigenvalue weighted by molar-refractivity contribution is 5.78. The summed E-state index contributed by atoms with van der Waals surface area (Å²) in [5, 5.41) is 0. The molecule has 24 heavy (non-hydrogen) atoms. The first-order valence-corrected chi connectivity index (χ1v) is 8.98. The van der Waals surface area contributed by atoms with E-state index in [4.69, 9.17) is 0 Å². The number of hydrogen-bond donors (Lipinski definition) is 0. The van der Waals surface area contributed by atoms with Crippen LogP contribution in [-0.2, 0) is 13.1 Å². The van der Waals surface area contributed by atoms with Gasteiger partial charge in [-0.05, 0) is 24.0 Å². The number of amides is 2. The predicted molar refractivity (Wildman–Crippen MR) is 95.4 cm³/mol. The SMILES string of the molecule is O=C1N(Cc2ccccc2)[C@@H]2CCCC[C@H]2N1Cc1ccccc1. The third-order valence-electron chi connectivity index (χ3n) is 5.38. The zero-order chi connectivity index (χ0) is 16.4. The van der Waals surface area contributed by atoms with Crippen LogP contribution in [0.3, 0.4) is 0 Å². The summed E-state index contributed by atoms with van der Waals surface area (Å²) in [6.45, 7) is 1.46. The van der Waals surface area contributed by atoms with Gasteiger partial charge < -0.3 is 9.80 Å². The van der Waals surface area contributed by atoms with Crippen molar-refractivity contribution in [3.05, 3.63) is 71.8 Å². The summed E-state index contributed by atoms with van der Waals surface area (Å²) in [5.74, 6) is 0. The Morgan fingerprint density at radius 1 is 0.708 bits per heavy atom. The van der Waals surface area contributed by atoms with E-state index < -0.39 is 0 Å². The highest BCUT2D eigenvalue weighted by atomic mass is 16.2. The molecular formula is C21H24N2O. The van der Waals surface area contributed by atoms with Crippen LogP contribution >= 0.6 is 0 Å². The van der Waals surface area contributed by atoms with Gasteiger partial charge in [-0.15, -0.1) is 0 Å². The Morgan fingerprint density at radius 3 is 1.54 bits per heavy atom. The molecule has 1 heterocycles. The second-order valence-electron chi connectivity index (χ2n) is 6.93. The number of carbonyl (C=O) groups excluding carboxylic acids is 1. The average Bonchev–Trinajstić information content (AvgIpc) is 2.90. The van der Waals surface area contributed by atoms with Crippen molar-refractivity contribution in [1.29, 1.82) is 0 Å². The Balaban J connectivity index is 1.57. The zero-order valence-corrected chi connectivity index (χ0v) is 14.0. The van der Waals surface area contributed by atoms with Gasteiger partial charge in [0, 0.05) is 13.1 Å². The van der Waals surface area contributed by atoms with Crippen LogP contribution in [0.2, 0.25) is 0 Å². The Kier molecular flexibility index (Phi) is 4.24. The molecule has 0 N–H and O–H groups in total. The molecule has 0 unspecified atom stereocenters. The first-order valence-electron chi connectivity index (χ1n) is 8.98. The van der Waals surface area contributed by atoms with Gasteiger partial charge in [0.15, 0.2) is 0 Å². The molecule has 2 fully saturated rings. The maximum atomic E-state index is 13.1. The highest BCUT2D eigenvalue weighted by Crippen LogP contribution is 2.36. The Labute approximate surface area is 143 Å². The van der Waals surface area contributed by atoms with Crippen LogP contribution in [0.5, 0.6) is 0 Å². The molecule has 2 atom stereocenters. The minimum atomic E-state index is 0.208. The summed E-state index contributed by atoms with van der Waals surface area (Å²) in [6, 6.07) is 21.7. The molecule has 0 radical (unpaired) electrons. The number of rotatable bonds is 4. The lowest BCUT2D eigenvalue weighted by atomic mass is 9.90. The van der Waals surface area contributed by atoms with Crippen molar-refractivity contribution in [3.8, 4) is 0 Å². The van der Waals surface area contributed by atoms with Crippen LogP contribution in [0, 0.1) is 0 Å². The van der Waals surface area contributed by atoms with Crippen molar-refractivity contribution < 1.29 is 4.79 Å². The quantitative estimate of drug-likeness (QED) is 0.817. The topological polar surface area (TPSA) is 23.6 Å². The third kappa shape index (κ3) is 2.91. The van der Waals surface area contributed by atoms with E-state index >= 15 is 0 Å². The first kappa shape index (κ1) is 15.3. The molecule has 3 nitrogen and oxygen atoms in total. The minimum absolute atomic E-state index is 0.208.